The van der Waals surface area contributed by atoms with Crippen molar-refractivity contribution in [3.05, 3.63) is 0 Å². The van der Waals surface area contributed by atoms with Gasteiger partial charge in [0.2, 0.25) is 5.91 Å². The minimum absolute atomic E-state index is 0.194. The molecule has 104 valence electrons. The van der Waals surface area contributed by atoms with Crippen molar-refractivity contribution >= 4 is 5.91 Å². The molecule has 0 bridgehead atoms. The molecule has 0 radical (unpaired) electrons. The van der Waals surface area contributed by atoms with E-state index in [0.29, 0.717) is 11.8 Å². The van der Waals surface area contributed by atoms with Crippen LogP contribution in [0.3, 0.4) is 0 Å². The number of nitrogens with zero attached hydrogens (tertiary/aromatic N) is 1. The van der Waals surface area contributed by atoms with Gasteiger partial charge in [0.05, 0.1) is 0 Å². The normalized spacial score (nSPS) is 37.6. The van der Waals surface area contributed by atoms with Gasteiger partial charge in [-0.2, -0.15) is 0 Å². The molecule has 0 aromatic rings. The molecule has 3 nitrogen and oxygen atoms in total. The molecule has 4 unspecified atom stereocenters. The van der Waals surface area contributed by atoms with Gasteiger partial charge in [0, 0.05) is 25.0 Å². The Balaban J connectivity index is 1.93. The molecule has 1 heterocycles. The van der Waals surface area contributed by atoms with Crippen molar-refractivity contribution in [2.75, 3.05) is 13.1 Å². The van der Waals surface area contributed by atoms with Crippen LogP contribution in [0.5, 0.6) is 0 Å². The van der Waals surface area contributed by atoms with E-state index in [-0.39, 0.29) is 12.0 Å². The number of piperidine rings is 1. The van der Waals surface area contributed by atoms with Gasteiger partial charge >= 0.3 is 0 Å². The van der Waals surface area contributed by atoms with Crippen molar-refractivity contribution in [3.8, 4) is 0 Å². The first-order chi connectivity index (χ1) is 8.60. The number of nitrogens with two attached hydrogens (primary N) is 1. The second-order valence-electron chi connectivity index (χ2n) is 6.47. The molecule has 2 N–H and O–H groups in total. The third-order valence-corrected chi connectivity index (χ3v) is 4.74. The highest BCUT2D eigenvalue weighted by molar-refractivity contribution is 5.79. The van der Waals surface area contributed by atoms with E-state index in [0.717, 1.165) is 38.3 Å². The Morgan fingerprint density at radius 1 is 1.33 bits per heavy atom. The molecule has 2 rings (SSSR count). The van der Waals surface area contributed by atoms with E-state index in [1.807, 2.05) is 0 Å². The standard InChI is InChI=1S/C15H28N2O/c1-3-12-5-4-6-17(10-12)15(18)13-7-11(2)8-14(16)9-13/h11-14H,3-10,16H2,1-2H3. The quantitative estimate of drug-likeness (QED) is 0.820. The summed E-state index contributed by atoms with van der Waals surface area (Å²) in [5.41, 5.74) is 6.07. The first-order valence-corrected chi connectivity index (χ1v) is 7.64. The van der Waals surface area contributed by atoms with Gasteiger partial charge in [-0.1, -0.05) is 20.3 Å². The van der Waals surface area contributed by atoms with Crippen molar-refractivity contribution < 1.29 is 4.79 Å². The lowest BCUT2D eigenvalue weighted by molar-refractivity contribution is -0.139. The van der Waals surface area contributed by atoms with Crippen molar-refractivity contribution in [3.63, 3.8) is 0 Å². The van der Waals surface area contributed by atoms with Crippen LogP contribution < -0.4 is 5.73 Å². The molecule has 2 fully saturated rings. The summed E-state index contributed by atoms with van der Waals surface area (Å²) < 4.78 is 0. The van der Waals surface area contributed by atoms with Gasteiger partial charge in [-0.15, -0.1) is 0 Å². The van der Waals surface area contributed by atoms with Crippen LogP contribution >= 0.6 is 0 Å². The SMILES string of the molecule is CCC1CCCN(C(=O)C2CC(C)CC(N)C2)C1. The average molecular weight is 252 g/mol. The summed E-state index contributed by atoms with van der Waals surface area (Å²) in [7, 11) is 0. The van der Waals surface area contributed by atoms with E-state index in [1.54, 1.807) is 0 Å². The zero-order chi connectivity index (χ0) is 13.1. The molecule has 1 saturated heterocycles. The summed E-state index contributed by atoms with van der Waals surface area (Å²) in [6.07, 6.45) is 6.70. The number of likely N-dealkylation sites (tertiary alicyclic amines) is 1. The molecule has 1 amide bonds. The number of carbonyl (C=O) groups is 1. The first kappa shape index (κ1) is 13.9. The summed E-state index contributed by atoms with van der Waals surface area (Å²) in [6.45, 7) is 6.41. The van der Waals surface area contributed by atoms with Gasteiger partial charge in [0.25, 0.3) is 0 Å². The Kier molecular flexibility index (Phi) is 4.66. The van der Waals surface area contributed by atoms with Gasteiger partial charge < -0.3 is 10.6 Å². The summed E-state index contributed by atoms with van der Waals surface area (Å²) in [5, 5.41) is 0. The van der Waals surface area contributed by atoms with Gasteiger partial charge in [-0.25, -0.2) is 0 Å². The van der Waals surface area contributed by atoms with E-state index in [2.05, 4.69) is 18.7 Å². The first-order valence-electron chi connectivity index (χ1n) is 7.64. The van der Waals surface area contributed by atoms with Gasteiger partial charge in [0.1, 0.15) is 0 Å². The molecule has 1 aliphatic heterocycles. The molecule has 18 heavy (non-hydrogen) atoms. The third kappa shape index (κ3) is 3.25. The number of hydrogen-bond acceptors (Lipinski definition) is 2. The number of hydrogen-bond donors (Lipinski definition) is 1. The van der Waals surface area contributed by atoms with Crippen molar-refractivity contribution in [2.45, 2.75) is 58.4 Å². The fraction of sp³-hybridized carbons (Fsp3) is 0.933. The van der Waals surface area contributed by atoms with Crippen LogP contribution in [0.2, 0.25) is 0 Å². The predicted molar refractivity (Wildman–Crippen MR) is 74.1 cm³/mol. The van der Waals surface area contributed by atoms with Gasteiger partial charge in [-0.3, -0.25) is 4.79 Å². The summed E-state index contributed by atoms with van der Waals surface area (Å²) in [4.78, 5) is 14.7. The molecular weight excluding hydrogens is 224 g/mol. The van der Waals surface area contributed by atoms with Crippen LogP contribution in [-0.4, -0.2) is 29.9 Å². The minimum Gasteiger partial charge on any atom is -0.342 e. The van der Waals surface area contributed by atoms with Crippen LogP contribution in [0.15, 0.2) is 0 Å². The molecule has 1 saturated carbocycles. The Morgan fingerprint density at radius 3 is 2.78 bits per heavy atom. The number of rotatable bonds is 2. The molecule has 4 atom stereocenters. The molecule has 2 aliphatic rings. The highest BCUT2D eigenvalue weighted by atomic mass is 16.2. The molecule has 0 aromatic carbocycles. The second-order valence-corrected chi connectivity index (χ2v) is 6.47. The lowest BCUT2D eigenvalue weighted by Gasteiger charge is -2.38. The highest BCUT2D eigenvalue weighted by Crippen LogP contribution is 2.31. The monoisotopic (exact) mass is 252 g/mol. The molecular formula is C15H28N2O. The van der Waals surface area contributed by atoms with Crippen LogP contribution in [-0.2, 0) is 4.79 Å². The lowest BCUT2D eigenvalue weighted by atomic mass is 9.79. The van der Waals surface area contributed by atoms with E-state index in [1.165, 1.54) is 19.3 Å². The van der Waals surface area contributed by atoms with Gasteiger partial charge in [0.15, 0.2) is 0 Å². The second kappa shape index (κ2) is 6.05. The highest BCUT2D eigenvalue weighted by Gasteiger charge is 2.33. The Bertz CT molecular complexity index is 282. The zero-order valence-corrected chi connectivity index (χ0v) is 11.9. The fourth-order valence-corrected chi connectivity index (χ4v) is 3.71. The molecule has 3 heteroatoms. The summed E-state index contributed by atoms with van der Waals surface area (Å²) in [6, 6.07) is 0.231. The molecule has 1 aliphatic carbocycles. The van der Waals surface area contributed by atoms with Crippen LogP contribution in [0.1, 0.15) is 52.4 Å². The van der Waals surface area contributed by atoms with E-state index in [9.17, 15) is 4.79 Å². The molecule has 0 aromatic heterocycles. The topological polar surface area (TPSA) is 46.3 Å². The number of carbonyl (C=O) groups excluding carboxylic acids is 1. The number of amides is 1. The minimum atomic E-state index is 0.194. The smallest absolute Gasteiger partial charge is 0.225 e. The third-order valence-electron chi connectivity index (χ3n) is 4.74. The maximum atomic E-state index is 12.6. The fourth-order valence-electron chi connectivity index (χ4n) is 3.71. The van der Waals surface area contributed by atoms with E-state index < -0.39 is 0 Å². The van der Waals surface area contributed by atoms with Crippen molar-refractivity contribution in [1.29, 1.82) is 0 Å². The van der Waals surface area contributed by atoms with Crippen LogP contribution in [0.25, 0.3) is 0 Å². The van der Waals surface area contributed by atoms with Crippen molar-refractivity contribution in [1.82, 2.24) is 4.90 Å². The molecule has 0 spiro atoms. The predicted octanol–water partition coefficient (Wildman–Crippen LogP) is 2.40. The van der Waals surface area contributed by atoms with Crippen LogP contribution in [0.4, 0.5) is 0 Å². The Labute approximate surface area is 111 Å². The Hall–Kier alpha value is -0.570. The average Bonchev–Trinajstić information content (AvgIpc) is 2.37. The lowest BCUT2D eigenvalue weighted by Crippen LogP contribution is -2.46. The summed E-state index contributed by atoms with van der Waals surface area (Å²) >= 11 is 0. The van der Waals surface area contributed by atoms with E-state index >= 15 is 0 Å². The Morgan fingerprint density at radius 2 is 2.11 bits per heavy atom. The maximum absolute atomic E-state index is 12.6. The summed E-state index contributed by atoms with van der Waals surface area (Å²) in [5.74, 6) is 1.90. The van der Waals surface area contributed by atoms with Gasteiger partial charge in [-0.05, 0) is 43.9 Å². The van der Waals surface area contributed by atoms with Crippen molar-refractivity contribution in [2.24, 2.45) is 23.5 Å². The maximum Gasteiger partial charge on any atom is 0.225 e. The largest absolute Gasteiger partial charge is 0.342 e. The van der Waals surface area contributed by atoms with E-state index in [4.69, 9.17) is 5.73 Å². The van der Waals surface area contributed by atoms with Crippen LogP contribution in [0, 0.1) is 17.8 Å². The zero-order valence-electron chi connectivity index (χ0n) is 11.9.